The maximum absolute atomic E-state index is 13.6. The number of aryl methyl sites for hydroxylation is 2. The molecule has 0 fully saturated rings. The van der Waals surface area contributed by atoms with Crippen molar-refractivity contribution in [2.24, 2.45) is 0 Å². The Bertz CT molecular complexity index is 1480. The van der Waals surface area contributed by atoms with E-state index >= 15 is 0 Å². The molecule has 0 atom stereocenters. The molecule has 0 aliphatic heterocycles. The van der Waals surface area contributed by atoms with E-state index in [9.17, 15) is 4.79 Å². The smallest absolute Gasteiger partial charge is 0.291 e. The van der Waals surface area contributed by atoms with E-state index in [0.29, 0.717) is 24.9 Å². The van der Waals surface area contributed by atoms with Crippen molar-refractivity contribution in [3.8, 4) is 28.5 Å². The number of benzene rings is 1. The lowest BCUT2D eigenvalue weighted by Gasteiger charge is -2.12. The van der Waals surface area contributed by atoms with Gasteiger partial charge in [0.2, 0.25) is 5.82 Å². The zero-order valence-corrected chi connectivity index (χ0v) is 20.2. The fourth-order valence-electron chi connectivity index (χ4n) is 4.21. The molecule has 184 valence electrons. The number of hydrogen-bond donors (Lipinski definition) is 1. The number of nitrogens with zero attached hydrogens (tertiary/aromatic N) is 10. The molecule has 5 rings (SSSR count). The van der Waals surface area contributed by atoms with Gasteiger partial charge in [-0.3, -0.25) is 9.55 Å². The van der Waals surface area contributed by atoms with E-state index < -0.39 is 0 Å². The van der Waals surface area contributed by atoms with Gasteiger partial charge in [-0.05, 0) is 51.2 Å². The first-order valence-corrected chi connectivity index (χ1v) is 12.0. The molecule has 0 bridgehead atoms. The molecule has 0 spiro atoms. The van der Waals surface area contributed by atoms with Gasteiger partial charge in [-0.15, -0.1) is 10.2 Å². The number of pyridine rings is 1. The van der Waals surface area contributed by atoms with E-state index in [4.69, 9.17) is 0 Å². The highest BCUT2D eigenvalue weighted by atomic mass is 16.2. The molecule has 1 N–H and O–H groups in total. The molecule has 0 radical (unpaired) electrons. The Kier molecular flexibility index (Phi) is 6.74. The van der Waals surface area contributed by atoms with Crippen molar-refractivity contribution in [2.75, 3.05) is 0 Å². The van der Waals surface area contributed by atoms with Gasteiger partial charge < -0.3 is 0 Å². The minimum absolute atomic E-state index is 0.173. The van der Waals surface area contributed by atoms with Crippen LogP contribution in [0.2, 0.25) is 0 Å². The Morgan fingerprint density at radius 1 is 1.00 bits per heavy atom. The third-order valence-electron chi connectivity index (χ3n) is 6.05. The van der Waals surface area contributed by atoms with Crippen LogP contribution in [0.1, 0.15) is 44.4 Å². The van der Waals surface area contributed by atoms with Crippen LogP contribution < -0.4 is 5.69 Å². The van der Waals surface area contributed by atoms with Crippen LogP contribution in [0.15, 0.2) is 53.7 Å². The molecule has 0 aliphatic carbocycles. The van der Waals surface area contributed by atoms with E-state index in [-0.39, 0.29) is 5.69 Å². The van der Waals surface area contributed by atoms with Gasteiger partial charge in [-0.2, -0.15) is 5.21 Å². The van der Waals surface area contributed by atoms with E-state index in [2.05, 4.69) is 55.0 Å². The van der Waals surface area contributed by atoms with Crippen LogP contribution in [0.4, 0.5) is 0 Å². The van der Waals surface area contributed by atoms with Crippen LogP contribution >= 0.6 is 0 Å². The van der Waals surface area contributed by atoms with Crippen molar-refractivity contribution in [1.82, 2.24) is 54.9 Å². The summed E-state index contributed by atoms with van der Waals surface area (Å²) >= 11 is 0. The topological polar surface area (TPSA) is 138 Å². The summed E-state index contributed by atoms with van der Waals surface area (Å²) in [5.74, 6) is 0.975. The van der Waals surface area contributed by atoms with Crippen LogP contribution in [0, 0.1) is 0 Å². The summed E-state index contributed by atoms with van der Waals surface area (Å²) in [6.45, 7) is 5.24. The molecule has 0 saturated heterocycles. The van der Waals surface area contributed by atoms with Crippen LogP contribution in [-0.2, 0) is 19.5 Å². The second kappa shape index (κ2) is 10.4. The molecule has 0 aliphatic rings. The first-order chi connectivity index (χ1) is 17.7. The Labute approximate surface area is 207 Å². The lowest BCUT2D eigenvalue weighted by Crippen LogP contribution is -2.27. The van der Waals surface area contributed by atoms with Crippen LogP contribution in [0.5, 0.6) is 0 Å². The molecule has 4 aromatic heterocycles. The second-order valence-corrected chi connectivity index (χ2v) is 8.51. The number of nitrogens with one attached hydrogen (secondary N) is 1. The maximum Gasteiger partial charge on any atom is 0.335 e. The zero-order valence-electron chi connectivity index (χ0n) is 20.2. The van der Waals surface area contributed by atoms with Gasteiger partial charge in [-0.1, -0.05) is 56.1 Å². The summed E-state index contributed by atoms with van der Waals surface area (Å²) in [5, 5.41) is 26.2. The second-order valence-electron chi connectivity index (χ2n) is 8.51. The van der Waals surface area contributed by atoms with Crippen molar-refractivity contribution in [1.29, 1.82) is 0 Å². The molecule has 0 saturated carbocycles. The SMILES string of the molecule is CCCCn1nnnc1-n1cc(CCC)n(Cc2cnccc2-c2ccc(-c3nn[nH]n3)cc2)c1=O. The van der Waals surface area contributed by atoms with Gasteiger partial charge in [0, 0.05) is 36.4 Å². The summed E-state index contributed by atoms with van der Waals surface area (Å²) in [5.41, 5.74) is 4.56. The van der Waals surface area contributed by atoms with Crippen molar-refractivity contribution in [2.45, 2.75) is 52.6 Å². The number of imidazole rings is 1. The Hall–Kier alpha value is -4.48. The summed E-state index contributed by atoms with van der Waals surface area (Å²) in [7, 11) is 0. The van der Waals surface area contributed by atoms with Gasteiger partial charge in [0.25, 0.3) is 5.95 Å². The maximum atomic E-state index is 13.6. The Balaban J connectivity index is 1.50. The minimum atomic E-state index is -0.173. The number of hydrogen-bond acceptors (Lipinski definition) is 8. The molecule has 36 heavy (non-hydrogen) atoms. The predicted molar refractivity (Wildman–Crippen MR) is 132 cm³/mol. The van der Waals surface area contributed by atoms with Crippen molar-refractivity contribution < 1.29 is 0 Å². The van der Waals surface area contributed by atoms with Crippen molar-refractivity contribution in [3.63, 3.8) is 0 Å². The molecule has 4 heterocycles. The highest BCUT2D eigenvalue weighted by Gasteiger charge is 2.18. The zero-order chi connectivity index (χ0) is 24.9. The summed E-state index contributed by atoms with van der Waals surface area (Å²) in [6.07, 6.45) is 9.03. The van der Waals surface area contributed by atoms with Crippen molar-refractivity contribution >= 4 is 0 Å². The molecule has 0 unspecified atom stereocenters. The predicted octanol–water partition coefficient (Wildman–Crippen LogP) is 2.67. The van der Waals surface area contributed by atoms with Gasteiger partial charge in [0.05, 0.1) is 6.54 Å². The number of H-pyrrole nitrogens is 1. The summed E-state index contributed by atoms with van der Waals surface area (Å²) in [4.78, 5) is 17.9. The number of tetrazole rings is 2. The van der Waals surface area contributed by atoms with E-state index in [0.717, 1.165) is 53.6 Å². The first kappa shape index (κ1) is 23.3. The van der Waals surface area contributed by atoms with Gasteiger partial charge in [0.1, 0.15) is 0 Å². The quantitative estimate of drug-likeness (QED) is 0.319. The van der Waals surface area contributed by atoms with E-state index in [1.165, 1.54) is 0 Å². The molecular weight excluding hydrogens is 458 g/mol. The summed E-state index contributed by atoms with van der Waals surface area (Å²) in [6, 6.07) is 9.88. The van der Waals surface area contributed by atoms with Crippen molar-refractivity contribution in [3.05, 3.63) is 70.7 Å². The minimum Gasteiger partial charge on any atom is -0.291 e. The number of aromatic amines is 1. The first-order valence-electron chi connectivity index (χ1n) is 12.0. The fraction of sp³-hybridized carbons (Fsp3) is 0.333. The lowest BCUT2D eigenvalue weighted by atomic mass is 10.00. The van der Waals surface area contributed by atoms with Crippen LogP contribution in [-0.4, -0.2) is 54.9 Å². The summed E-state index contributed by atoms with van der Waals surface area (Å²) < 4.78 is 5.03. The molecule has 5 aromatic rings. The average molecular weight is 486 g/mol. The van der Waals surface area contributed by atoms with Gasteiger partial charge >= 0.3 is 5.69 Å². The molecule has 12 heteroatoms. The fourth-order valence-corrected chi connectivity index (χ4v) is 4.21. The highest BCUT2D eigenvalue weighted by molar-refractivity contribution is 5.69. The lowest BCUT2D eigenvalue weighted by molar-refractivity contribution is 0.540. The Morgan fingerprint density at radius 2 is 1.83 bits per heavy atom. The third kappa shape index (κ3) is 4.57. The third-order valence-corrected chi connectivity index (χ3v) is 6.05. The standard InChI is InChI=1S/C24H27N11O/c1-3-5-13-35-23(28-31-32-35)34-16-20(6-4-2)33(24(34)36)15-19-14-25-12-11-21(19)17-7-9-18(10-8-17)22-26-29-30-27-22/h7-12,14,16H,3-6,13,15H2,1-2H3,(H,26,27,29,30). The average Bonchev–Trinajstić information content (AvgIpc) is 3.66. The highest BCUT2D eigenvalue weighted by Crippen LogP contribution is 2.26. The number of rotatable bonds is 10. The molecular formula is C24H27N11O. The number of aromatic nitrogens is 11. The van der Waals surface area contributed by atoms with E-state index in [1.54, 1.807) is 20.0 Å². The number of unbranched alkanes of at least 4 members (excludes halogenated alkanes) is 1. The van der Waals surface area contributed by atoms with Crippen LogP contribution in [0.25, 0.3) is 28.5 Å². The molecule has 1 aromatic carbocycles. The van der Waals surface area contributed by atoms with Gasteiger partial charge in [0.15, 0.2) is 0 Å². The normalized spacial score (nSPS) is 11.3. The molecule has 0 amide bonds. The van der Waals surface area contributed by atoms with E-state index in [1.807, 2.05) is 42.7 Å². The van der Waals surface area contributed by atoms with Crippen LogP contribution in [0.3, 0.4) is 0 Å². The molecule has 12 nitrogen and oxygen atoms in total. The van der Waals surface area contributed by atoms with Gasteiger partial charge in [-0.25, -0.2) is 14.0 Å². The Morgan fingerprint density at radius 3 is 2.58 bits per heavy atom. The monoisotopic (exact) mass is 485 g/mol. The largest absolute Gasteiger partial charge is 0.335 e.